The number of aromatic nitrogens is 2. The number of amides is 3. The highest BCUT2D eigenvalue weighted by Gasteiger charge is 2.26. The summed E-state index contributed by atoms with van der Waals surface area (Å²) in [6.45, 7) is 9.39. The molecule has 3 amide bonds. The van der Waals surface area contributed by atoms with E-state index in [4.69, 9.17) is 9.47 Å². The van der Waals surface area contributed by atoms with Crippen molar-refractivity contribution in [3.05, 3.63) is 30.6 Å². The molecule has 1 atom stereocenters. The maximum absolute atomic E-state index is 12.9. The standard InChI is InChI=1S/C28H41N5O5/c1-19(2)16-25(35)33-13-7-15-38-23-17-21(8-9-22(23)37-5)27-29-11-14-32(27)12-6-10-30-28(36)26(20(3)4)31-24(34)18-33/h8-9,11,14,17,19-20,26H,6-7,10,12-13,15-16,18H2,1-5H3,(H,30,36)(H,31,34)/t26-/m1/s1. The van der Waals surface area contributed by atoms with E-state index < -0.39 is 6.04 Å². The van der Waals surface area contributed by atoms with Crippen molar-refractivity contribution in [3.63, 3.8) is 0 Å². The normalized spacial score (nSPS) is 18.0. The van der Waals surface area contributed by atoms with Gasteiger partial charge < -0.3 is 29.6 Å². The van der Waals surface area contributed by atoms with Crippen molar-refractivity contribution in [1.29, 1.82) is 0 Å². The molecule has 208 valence electrons. The first-order chi connectivity index (χ1) is 18.2. The highest BCUT2D eigenvalue weighted by atomic mass is 16.5. The second-order valence-electron chi connectivity index (χ2n) is 10.4. The predicted molar refractivity (Wildman–Crippen MR) is 145 cm³/mol. The van der Waals surface area contributed by atoms with E-state index in [1.165, 1.54) is 0 Å². The Bertz CT molecular complexity index is 1100. The summed E-state index contributed by atoms with van der Waals surface area (Å²) in [5, 5.41) is 5.79. The van der Waals surface area contributed by atoms with Gasteiger partial charge in [-0.2, -0.15) is 0 Å². The molecule has 10 heteroatoms. The fraction of sp³-hybridized carbons (Fsp3) is 0.571. The second-order valence-corrected chi connectivity index (χ2v) is 10.4. The van der Waals surface area contributed by atoms with E-state index in [2.05, 4.69) is 15.6 Å². The van der Waals surface area contributed by atoms with Crippen LogP contribution in [0.3, 0.4) is 0 Å². The third-order valence-corrected chi connectivity index (χ3v) is 6.38. The van der Waals surface area contributed by atoms with E-state index in [-0.39, 0.29) is 36.1 Å². The molecule has 0 saturated carbocycles. The molecule has 2 heterocycles. The molecule has 1 aliphatic heterocycles. The minimum atomic E-state index is -0.687. The number of hydrogen-bond donors (Lipinski definition) is 2. The largest absolute Gasteiger partial charge is 0.493 e. The fourth-order valence-electron chi connectivity index (χ4n) is 4.38. The molecule has 0 saturated heterocycles. The number of rotatable bonds is 4. The van der Waals surface area contributed by atoms with E-state index in [1.807, 2.05) is 56.7 Å². The number of imidazole rings is 1. The van der Waals surface area contributed by atoms with E-state index in [0.29, 0.717) is 57.0 Å². The number of methoxy groups -OCH3 is 1. The Morgan fingerprint density at radius 3 is 2.68 bits per heavy atom. The summed E-state index contributed by atoms with van der Waals surface area (Å²) < 4.78 is 13.6. The van der Waals surface area contributed by atoms with Crippen molar-refractivity contribution in [3.8, 4) is 22.9 Å². The molecule has 3 rings (SSSR count). The first kappa shape index (κ1) is 29.0. The van der Waals surface area contributed by atoms with Gasteiger partial charge in [0, 0.05) is 44.0 Å². The highest BCUT2D eigenvalue weighted by molar-refractivity contribution is 5.90. The zero-order valence-corrected chi connectivity index (χ0v) is 23.2. The Balaban J connectivity index is 1.86. The van der Waals surface area contributed by atoms with Gasteiger partial charge >= 0.3 is 0 Å². The van der Waals surface area contributed by atoms with Crippen LogP contribution in [0.1, 0.15) is 47.0 Å². The van der Waals surface area contributed by atoms with Crippen LogP contribution < -0.4 is 20.1 Å². The predicted octanol–water partition coefficient (Wildman–Crippen LogP) is 2.86. The monoisotopic (exact) mass is 527 g/mol. The molecule has 1 aromatic heterocycles. The molecule has 2 bridgehead atoms. The zero-order valence-electron chi connectivity index (χ0n) is 23.2. The van der Waals surface area contributed by atoms with Crippen molar-refractivity contribution < 1.29 is 23.9 Å². The van der Waals surface area contributed by atoms with Crippen molar-refractivity contribution in [2.75, 3.05) is 33.4 Å². The van der Waals surface area contributed by atoms with Gasteiger partial charge in [-0.05, 0) is 42.9 Å². The summed E-state index contributed by atoms with van der Waals surface area (Å²) in [6, 6.07) is 5.00. The van der Waals surface area contributed by atoms with E-state index >= 15 is 0 Å². The minimum absolute atomic E-state index is 0.0991. The molecule has 10 nitrogen and oxygen atoms in total. The van der Waals surface area contributed by atoms with Gasteiger partial charge in [-0.15, -0.1) is 0 Å². The Labute approximate surface area is 225 Å². The minimum Gasteiger partial charge on any atom is -0.493 e. The number of carbonyl (C=O) groups is 3. The van der Waals surface area contributed by atoms with Crippen molar-refractivity contribution >= 4 is 17.7 Å². The molecule has 1 aliphatic rings. The molecule has 1 aromatic carbocycles. The molecule has 0 fully saturated rings. The van der Waals surface area contributed by atoms with Crippen LogP contribution in [0.15, 0.2) is 30.6 Å². The third kappa shape index (κ3) is 7.97. The molecule has 2 N–H and O–H groups in total. The first-order valence-electron chi connectivity index (χ1n) is 13.4. The third-order valence-electron chi connectivity index (χ3n) is 6.38. The Kier molecular flexibility index (Phi) is 10.6. The van der Waals surface area contributed by atoms with Gasteiger partial charge in [-0.3, -0.25) is 14.4 Å². The summed E-state index contributed by atoms with van der Waals surface area (Å²) in [4.78, 5) is 44.9. The lowest BCUT2D eigenvalue weighted by Crippen LogP contribution is -2.52. The lowest BCUT2D eigenvalue weighted by molar-refractivity contribution is -0.137. The van der Waals surface area contributed by atoms with Crippen LogP contribution in [0.2, 0.25) is 0 Å². The molecule has 0 unspecified atom stereocenters. The van der Waals surface area contributed by atoms with Crippen LogP contribution >= 0.6 is 0 Å². The molecular formula is C28H41N5O5. The summed E-state index contributed by atoms with van der Waals surface area (Å²) >= 11 is 0. The van der Waals surface area contributed by atoms with Gasteiger partial charge in [0.25, 0.3) is 0 Å². The Hall–Kier alpha value is -3.56. The number of carbonyl (C=O) groups excluding carboxylic acids is 3. The second kappa shape index (κ2) is 13.8. The van der Waals surface area contributed by atoms with Gasteiger partial charge in [-0.1, -0.05) is 27.7 Å². The number of hydrogen-bond acceptors (Lipinski definition) is 6. The van der Waals surface area contributed by atoms with Crippen molar-refractivity contribution in [2.24, 2.45) is 11.8 Å². The van der Waals surface area contributed by atoms with Crippen LogP contribution in [0.5, 0.6) is 11.5 Å². The maximum Gasteiger partial charge on any atom is 0.242 e. The van der Waals surface area contributed by atoms with Gasteiger partial charge in [0.2, 0.25) is 17.7 Å². The molecule has 2 aromatic rings. The first-order valence-corrected chi connectivity index (χ1v) is 13.4. The average molecular weight is 528 g/mol. The highest BCUT2D eigenvalue weighted by Crippen LogP contribution is 2.32. The lowest BCUT2D eigenvalue weighted by Gasteiger charge is -2.26. The van der Waals surface area contributed by atoms with Gasteiger partial charge in [0.05, 0.1) is 20.3 Å². The number of nitrogens with one attached hydrogen (secondary N) is 2. The van der Waals surface area contributed by atoms with E-state index in [9.17, 15) is 14.4 Å². The number of aryl methyl sites for hydroxylation is 1. The van der Waals surface area contributed by atoms with Crippen molar-refractivity contribution in [1.82, 2.24) is 25.1 Å². The SMILES string of the molecule is COc1ccc2cc1OCCCN(C(=O)CC(C)C)CC(=O)N[C@H](C(C)C)C(=O)NCCCn1ccnc1-2. The van der Waals surface area contributed by atoms with Crippen molar-refractivity contribution in [2.45, 2.75) is 59.5 Å². The zero-order chi connectivity index (χ0) is 27.7. The van der Waals surface area contributed by atoms with Gasteiger partial charge in [0.1, 0.15) is 11.9 Å². The number of fused-ring (bicyclic) bond motifs is 4. The summed E-state index contributed by atoms with van der Waals surface area (Å²) in [5.74, 6) is 1.35. The van der Waals surface area contributed by atoms with Crippen LogP contribution in [-0.4, -0.2) is 71.6 Å². The molecule has 0 spiro atoms. The molecule has 0 radical (unpaired) electrons. The maximum atomic E-state index is 12.9. The van der Waals surface area contributed by atoms with Crippen LogP contribution in [0.25, 0.3) is 11.4 Å². The van der Waals surface area contributed by atoms with Crippen LogP contribution in [0, 0.1) is 11.8 Å². The van der Waals surface area contributed by atoms with Gasteiger partial charge in [-0.25, -0.2) is 4.98 Å². The Morgan fingerprint density at radius 1 is 1.18 bits per heavy atom. The molecular weight excluding hydrogens is 486 g/mol. The van der Waals surface area contributed by atoms with Crippen LogP contribution in [-0.2, 0) is 20.9 Å². The average Bonchev–Trinajstić information content (AvgIpc) is 3.34. The summed E-state index contributed by atoms with van der Waals surface area (Å²) in [6.07, 6.45) is 5.20. The number of ether oxygens (including phenoxy) is 2. The summed E-state index contributed by atoms with van der Waals surface area (Å²) in [5.41, 5.74) is 0.885. The van der Waals surface area contributed by atoms with Gasteiger partial charge in [0.15, 0.2) is 11.5 Å². The lowest BCUT2D eigenvalue weighted by atomic mass is 10.0. The van der Waals surface area contributed by atoms with E-state index in [0.717, 1.165) is 11.4 Å². The smallest absolute Gasteiger partial charge is 0.242 e. The molecule has 0 aliphatic carbocycles. The fourth-order valence-corrected chi connectivity index (χ4v) is 4.38. The topological polar surface area (TPSA) is 115 Å². The number of benzene rings is 1. The number of nitrogens with zero attached hydrogens (tertiary/aromatic N) is 3. The quantitative estimate of drug-likeness (QED) is 0.632. The van der Waals surface area contributed by atoms with Crippen LogP contribution in [0.4, 0.5) is 0 Å². The Morgan fingerprint density at radius 2 is 1.97 bits per heavy atom. The summed E-state index contributed by atoms with van der Waals surface area (Å²) in [7, 11) is 1.59. The molecule has 38 heavy (non-hydrogen) atoms. The van der Waals surface area contributed by atoms with E-state index in [1.54, 1.807) is 18.2 Å².